The third-order valence-corrected chi connectivity index (χ3v) is 2.76. The van der Waals surface area contributed by atoms with Crippen LogP contribution in [0.1, 0.15) is 35.7 Å². The molecule has 1 heterocycles. The average molecular weight is 165 g/mol. The number of nitrogens with zero attached hydrogens (tertiary/aromatic N) is 1. The van der Waals surface area contributed by atoms with Crippen LogP contribution in [-0.2, 0) is 6.42 Å². The second-order valence-electron chi connectivity index (χ2n) is 3.54. The Balaban J connectivity index is 2.38. The van der Waals surface area contributed by atoms with Crippen molar-refractivity contribution in [1.82, 2.24) is 10.2 Å². The van der Waals surface area contributed by atoms with Crippen molar-refractivity contribution in [3.05, 3.63) is 17.0 Å². The van der Waals surface area contributed by atoms with Gasteiger partial charge in [-0.1, -0.05) is 0 Å². The summed E-state index contributed by atoms with van der Waals surface area (Å²) in [6.45, 7) is 2.82. The highest BCUT2D eigenvalue weighted by molar-refractivity contribution is 5.29. The van der Waals surface area contributed by atoms with Gasteiger partial charge in [0, 0.05) is 18.2 Å². The minimum atomic E-state index is 0.499. The number of aryl methyl sites for hydroxylation is 1. The molecule has 0 fully saturated rings. The molecule has 3 nitrogen and oxygen atoms in total. The van der Waals surface area contributed by atoms with Crippen LogP contribution < -0.4 is 5.73 Å². The minimum absolute atomic E-state index is 0.499. The second kappa shape index (κ2) is 2.90. The van der Waals surface area contributed by atoms with Gasteiger partial charge in [0.2, 0.25) is 0 Å². The summed E-state index contributed by atoms with van der Waals surface area (Å²) >= 11 is 0. The highest BCUT2D eigenvalue weighted by Crippen LogP contribution is 2.30. The number of fused-ring (bicyclic) bond motifs is 1. The van der Waals surface area contributed by atoms with Gasteiger partial charge >= 0.3 is 0 Å². The third kappa shape index (κ3) is 1.05. The van der Waals surface area contributed by atoms with E-state index in [4.69, 9.17) is 5.73 Å². The highest BCUT2D eigenvalue weighted by Gasteiger charge is 2.22. The molecule has 0 aromatic carbocycles. The molecule has 0 bridgehead atoms. The minimum Gasteiger partial charge on any atom is -0.330 e. The van der Waals surface area contributed by atoms with Gasteiger partial charge in [0.25, 0.3) is 0 Å². The molecular formula is C9H15N3. The van der Waals surface area contributed by atoms with Crippen molar-refractivity contribution >= 4 is 0 Å². The molecule has 3 heteroatoms. The monoisotopic (exact) mass is 165 g/mol. The standard InChI is InChI=1S/C9H15N3/c1-6-8-4-2-3-7(5-10)9(8)12-11-6/h7H,2-5,10H2,1H3,(H,11,12). The fourth-order valence-corrected chi connectivity index (χ4v) is 2.02. The topological polar surface area (TPSA) is 54.7 Å². The maximum Gasteiger partial charge on any atom is 0.0700 e. The molecule has 1 unspecified atom stereocenters. The van der Waals surface area contributed by atoms with E-state index >= 15 is 0 Å². The van der Waals surface area contributed by atoms with Gasteiger partial charge in [0.1, 0.15) is 0 Å². The van der Waals surface area contributed by atoms with Crippen LogP contribution in [0.5, 0.6) is 0 Å². The quantitative estimate of drug-likeness (QED) is 0.654. The molecular weight excluding hydrogens is 150 g/mol. The normalized spacial score (nSPS) is 22.3. The zero-order valence-electron chi connectivity index (χ0n) is 7.43. The predicted molar refractivity (Wildman–Crippen MR) is 48.1 cm³/mol. The summed E-state index contributed by atoms with van der Waals surface area (Å²) in [5.74, 6) is 0.499. The fourth-order valence-electron chi connectivity index (χ4n) is 2.02. The first-order valence-corrected chi connectivity index (χ1v) is 4.56. The molecule has 3 N–H and O–H groups in total. The number of aromatic nitrogens is 2. The Bertz CT molecular complexity index is 277. The Labute approximate surface area is 72.4 Å². The Morgan fingerprint density at radius 2 is 2.50 bits per heavy atom. The molecule has 0 saturated carbocycles. The fraction of sp³-hybridized carbons (Fsp3) is 0.667. The van der Waals surface area contributed by atoms with E-state index in [9.17, 15) is 0 Å². The molecule has 12 heavy (non-hydrogen) atoms. The second-order valence-corrected chi connectivity index (χ2v) is 3.54. The van der Waals surface area contributed by atoms with Crippen molar-refractivity contribution in [2.75, 3.05) is 6.54 Å². The highest BCUT2D eigenvalue weighted by atomic mass is 15.1. The summed E-state index contributed by atoms with van der Waals surface area (Å²) in [5, 5.41) is 7.34. The summed E-state index contributed by atoms with van der Waals surface area (Å²) in [6, 6.07) is 0. The largest absolute Gasteiger partial charge is 0.330 e. The Kier molecular flexibility index (Phi) is 1.89. The van der Waals surface area contributed by atoms with E-state index in [-0.39, 0.29) is 0 Å². The van der Waals surface area contributed by atoms with E-state index in [1.54, 1.807) is 0 Å². The number of hydrogen-bond donors (Lipinski definition) is 2. The maximum atomic E-state index is 5.67. The predicted octanol–water partition coefficient (Wildman–Crippen LogP) is 1.10. The van der Waals surface area contributed by atoms with Crippen LogP contribution >= 0.6 is 0 Å². The molecule has 0 aliphatic heterocycles. The molecule has 66 valence electrons. The van der Waals surface area contributed by atoms with Crippen molar-refractivity contribution in [2.45, 2.75) is 32.1 Å². The van der Waals surface area contributed by atoms with Gasteiger partial charge in [-0.05, 0) is 31.7 Å². The van der Waals surface area contributed by atoms with Crippen LogP contribution in [0.25, 0.3) is 0 Å². The van der Waals surface area contributed by atoms with Crippen molar-refractivity contribution in [3.8, 4) is 0 Å². The van der Waals surface area contributed by atoms with E-state index < -0.39 is 0 Å². The lowest BCUT2D eigenvalue weighted by Crippen LogP contribution is -2.18. The molecule has 1 aliphatic carbocycles. The van der Waals surface area contributed by atoms with Gasteiger partial charge in [-0.2, -0.15) is 5.10 Å². The van der Waals surface area contributed by atoms with Gasteiger partial charge in [-0.25, -0.2) is 0 Å². The Morgan fingerprint density at radius 3 is 3.25 bits per heavy atom. The van der Waals surface area contributed by atoms with Crippen molar-refractivity contribution in [3.63, 3.8) is 0 Å². The van der Waals surface area contributed by atoms with Crippen molar-refractivity contribution < 1.29 is 0 Å². The van der Waals surface area contributed by atoms with Crippen LogP contribution in [0, 0.1) is 6.92 Å². The molecule has 0 radical (unpaired) electrons. The van der Waals surface area contributed by atoms with Gasteiger partial charge in [-0.15, -0.1) is 0 Å². The maximum absolute atomic E-state index is 5.67. The molecule has 1 aliphatic rings. The number of rotatable bonds is 1. The lowest BCUT2D eigenvalue weighted by molar-refractivity contribution is 0.548. The molecule has 2 rings (SSSR count). The zero-order chi connectivity index (χ0) is 8.55. The number of hydrogen-bond acceptors (Lipinski definition) is 2. The van der Waals surface area contributed by atoms with E-state index in [0.717, 1.165) is 6.54 Å². The number of nitrogens with one attached hydrogen (secondary N) is 1. The van der Waals surface area contributed by atoms with Crippen LogP contribution in [0.3, 0.4) is 0 Å². The smallest absolute Gasteiger partial charge is 0.0700 e. The van der Waals surface area contributed by atoms with Gasteiger partial charge < -0.3 is 5.73 Å². The SMILES string of the molecule is Cc1[nH]nc2c1CCCC2CN. The first-order chi connectivity index (χ1) is 5.83. The molecule has 1 aromatic heterocycles. The number of aromatic amines is 1. The molecule has 0 spiro atoms. The van der Waals surface area contributed by atoms with Crippen LogP contribution in [0.15, 0.2) is 0 Å². The Hall–Kier alpha value is -0.830. The van der Waals surface area contributed by atoms with Gasteiger partial charge in [0.15, 0.2) is 0 Å². The van der Waals surface area contributed by atoms with E-state index in [2.05, 4.69) is 17.1 Å². The number of nitrogens with two attached hydrogens (primary N) is 1. The van der Waals surface area contributed by atoms with Crippen LogP contribution in [0.4, 0.5) is 0 Å². The summed E-state index contributed by atoms with van der Waals surface area (Å²) < 4.78 is 0. The number of H-pyrrole nitrogens is 1. The van der Waals surface area contributed by atoms with Gasteiger partial charge in [0.05, 0.1) is 5.69 Å². The summed E-state index contributed by atoms with van der Waals surface area (Å²) in [7, 11) is 0. The van der Waals surface area contributed by atoms with Gasteiger partial charge in [-0.3, -0.25) is 5.10 Å². The molecule has 0 amide bonds. The van der Waals surface area contributed by atoms with Crippen molar-refractivity contribution in [2.24, 2.45) is 5.73 Å². The lowest BCUT2D eigenvalue weighted by atomic mass is 9.87. The first-order valence-electron chi connectivity index (χ1n) is 4.56. The molecule has 1 atom stereocenters. The Morgan fingerprint density at radius 1 is 1.67 bits per heavy atom. The van der Waals surface area contributed by atoms with E-state index in [1.807, 2.05) is 0 Å². The first kappa shape index (κ1) is 7.80. The zero-order valence-corrected chi connectivity index (χ0v) is 7.43. The summed E-state index contributed by atoms with van der Waals surface area (Å²) in [5.41, 5.74) is 9.54. The van der Waals surface area contributed by atoms with E-state index in [1.165, 1.54) is 36.2 Å². The van der Waals surface area contributed by atoms with E-state index in [0.29, 0.717) is 5.92 Å². The summed E-state index contributed by atoms with van der Waals surface area (Å²) in [4.78, 5) is 0. The molecule has 0 saturated heterocycles. The van der Waals surface area contributed by atoms with Crippen LogP contribution in [0.2, 0.25) is 0 Å². The third-order valence-electron chi connectivity index (χ3n) is 2.76. The lowest BCUT2D eigenvalue weighted by Gasteiger charge is -2.19. The molecule has 1 aromatic rings. The van der Waals surface area contributed by atoms with Crippen molar-refractivity contribution in [1.29, 1.82) is 0 Å². The van der Waals surface area contributed by atoms with Crippen LogP contribution in [-0.4, -0.2) is 16.7 Å². The summed E-state index contributed by atoms with van der Waals surface area (Å²) in [6.07, 6.45) is 3.64. The average Bonchev–Trinajstić information content (AvgIpc) is 2.48.